The highest BCUT2D eigenvalue weighted by Crippen LogP contribution is 2.36. The molecule has 24 heteroatoms. The maximum Gasteiger partial charge on any atom is 0.348 e. The molecule has 0 radical (unpaired) electrons. The Bertz CT molecular complexity index is 3650. The number of amides is 9. The van der Waals surface area contributed by atoms with Gasteiger partial charge >= 0.3 is 12.1 Å². The first-order chi connectivity index (χ1) is 45.9. The number of likely N-dealkylation sites (N-methyl/N-ethyl adjacent to an activating group) is 1. The van der Waals surface area contributed by atoms with Crippen molar-refractivity contribution in [1.29, 1.82) is 0 Å². The number of nitrogens with one attached hydrogen (secondary N) is 3. The summed E-state index contributed by atoms with van der Waals surface area (Å²) in [6.07, 6.45) is 17.7. The number of ketones is 1. The summed E-state index contributed by atoms with van der Waals surface area (Å²) in [6, 6.07) is 28.1. The molecule has 5 aromatic rings. The molecule has 4 atom stereocenters. The van der Waals surface area contributed by atoms with E-state index >= 15 is 0 Å². The maximum absolute atomic E-state index is 14.5. The van der Waals surface area contributed by atoms with E-state index in [4.69, 9.17) is 37.4 Å². The summed E-state index contributed by atoms with van der Waals surface area (Å²) >= 11 is 12.5. The number of hydrogen-bond acceptors (Lipinski definition) is 13. The zero-order valence-corrected chi connectivity index (χ0v) is 58.7. The van der Waals surface area contributed by atoms with E-state index in [0.717, 1.165) is 47.3 Å². The lowest BCUT2D eigenvalue weighted by Gasteiger charge is -2.30. The van der Waals surface area contributed by atoms with Gasteiger partial charge in [-0.25, -0.2) is 22.9 Å². The molecule has 5 aromatic carbocycles. The smallest absolute Gasteiger partial charge is 0.348 e. The zero-order chi connectivity index (χ0) is 69.7. The highest BCUT2D eigenvalue weighted by Gasteiger charge is 2.53. The molecule has 0 spiro atoms. The number of carbonyl (C=O) groups is 8. The van der Waals surface area contributed by atoms with Gasteiger partial charge in [-0.2, -0.15) is 5.01 Å². The molecule has 4 unspecified atom stereocenters. The molecule has 518 valence electrons. The zero-order valence-electron chi connectivity index (χ0n) is 56.3. The number of fused-ring (bicyclic) bond motifs is 1. The summed E-state index contributed by atoms with van der Waals surface area (Å²) in [5, 5.41) is 3.59. The number of halogens is 2. The van der Waals surface area contributed by atoms with Gasteiger partial charge in [-0.05, 0) is 91.8 Å². The predicted molar refractivity (Wildman–Crippen MR) is 371 cm³/mol. The molecule has 0 bridgehead atoms. The van der Waals surface area contributed by atoms with Crippen LogP contribution in [0.15, 0.2) is 120 Å². The molecule has 3 aliphatic heterocycles. The van der Waals surface area contributed by atoms with Gasteiger partial charge in [0.25, 0.3) is 39.6 Å². The number of hydrazine groups is 1. The lowest BCUT2D eigenvalue weighted by molar-refractivity contribution is -0.147. The fraction of sp³-hybridized carbons (Fsp3) is 0.472. The number of benzene rings is 5. The molecule has 0 saturated carbocycles. The van der Waals surface area contributed by atoms with Crippen molar-refractivity contribution in [3.8, 4) is 5.75 Å². The maximum atomic E-state index is 14.5. The van der Waals surface area contributed by atoms with E-state index in [0.29, 0.717) is 28.6 Å². The number of sulfonamides is 1. The topological polar surface area (TPSA) is 251 Å². The standard InChI is InChI=1S/C46H62ClN5O8S.C26H30ClN3O5/c1-4-5-6-7-8-9-10-11-12-13-14-15-16-17-18-23-32-60-39-29-28-35(49-61(57,58)40-27-22-20-25-36(40)47)33-37(39)48-42(53)41(52-44(55)45(59-3)50(2)46(52)56)43(54)51-31-30-34-24-19-21-26-38(34)51;1-6-35-24-23(33)30(25(34)29(24)15-17-10-8-7-9-11-17)28-22(32)20(26(3,4)5)21(31)18-14-16(2)12-13-19(18)27/h19-22,24-29,33,41,45,49H,4-18,23,30-32H2,1-3H3,(H,48,53);7-14,20,24H,6,15H2,1-5H3,(H,28,32). The number of methoxy groups -OCH3 is 1. The number of rotatable bonds is 34. The van der Waals surface area contributed by atoms with Crippen molar-refractivity contribution in [2.45, 2.75) is 181 Å². The van der Waals surface area contributed by atoms with Gasteiger partial charge in [0, 0.05) is 38.6 Å². The van der Waals surface area contributed by atoms with E-state index in [-0.39, 0.29) is 57.3 Å². The lowest BCUT2D eigenvalue weighted by Crippen LogP contribution is -2.57. The monoisotopic (exact) mass is 1380 g/mol. The summed E-state index contributed by atoms with van der Waals surface area (Å²) in [5.74, 6) is -5.68. The average molecular weight is 1380 g/mol. The van der Waals surface area contributed by atoms with E-state index in [1.54, 1.807) is 70.2 Å². The minimum Gasteiger partial charge on any atom is -0.491 e. The molecular formula is C72H92Cl2N8O13S. The molecular weight excluding hydrogens is 1290 g/mol. The van der Waals surface area contributed by atoms with E-state index in [2.05, 4.69) is 22.4 Å². The summed E-state index contributed by atoms with van der Waals surface area (Å²) in [5.41, 5.74) is 4.90. The second kappa shape index (κ2) is 35.9. The van der Waals surface area contributed by atoms with Gasteiger partial charge in [0.05, 0.1) is 34.6 Å². The van der Waals surface area contributed by atoms with Crippen LogP contribution in [0.5, 0.6) is 5.75 Å². The van der Waals surface area contributed by atoms with Crippen LogP contribution in [-0.4, -0.2) is 128 Å². The fourth-order valence-electron chi connectivity index (χ4n) is 11.9. The van der Waals surface area contributed by atoms with Crippen LogP contribution in [0, 0.1) is 18.3 Å². The minimum absolute atomic E-state index is 0.0198. The molecule has 21 nitrogen and oxygen atoms in total. The molecule has 8 rings (SSSR count). The second-order valence-corrected chi connectivity index (χ2v) is 27.8. The Hall–Kier alpha value is -7.89. The largest absolute Gasteiger partial charge is 0.491 e. The number of anilines is 3. The third-order valence-electron chi connectivity index (χ3n) is 17.0. The van der Waals surface area contributed by atoms with Crippen molar-refractivity contribution in [2.75, 3.05) is 48.9 Å². The van der Waals surface area contributed by atoms with Gasteiger partial charge in [0.15, 0.2) is 11.8 Å². The van der Waals surface area contributed by atoms with Crippen molar-refractivity contribution in [1.82, 2.24) is 25.1 Å². The van der Waals surface area contributed by atoms with Crippen LogP contribution in [0.3, 0.4) is 0 Å². The Morgan fingerprint density at radius 2 is 1.28 bits per heavy atom. The van der Waals surface area contributed by atoms with Gasteiger partial charge in [-0.3, -0.25) is 48.7 Å². The van der Waals surface area contributed by atoms with Crippen molar-refractivity contribution in [2.24, 2.45) is 11.3 Å². The van der Waals surface area contributed by atoms with Gasteiger partial charge in [-0.1, -0.05) is 220 Å². The summed E-state index contributed by atoms with van der Waals surface area (Å²) in [7, 11) is -1.58. The number of para-hydroxylation sites is 1. The number of Topliss-reactive ketones (excluding diaryl/α,β-unsaturated/α-hetero) is 1. The average Bonchev–Trinajstić information content (AvgIpc) is 1.54. The van der Waals surface area contributed by atoms with Crippen LogP contribution in [0.2, 0.25) is 10.0 Å². The summed E-state index contributed by atoms with van der Waals surface area (Å²) < 4.78 is 46.3. The molecule has 3 heterocycles. The fourth-order valence-corrected chi connectivity index (χ4v) is 13.7. The Balaban J connectivity index is 0.000000314. The third kappa shape index (κ3) is 19.7. The normalized spacial score (nSPS) is 16.1. The highest BCUT2D eigenvalue weighted by molar-refractivity contribution is 7.92. The molecule has 96 heavy (non-hydrogen) atoms. The van der Waals surface area contributed by atoms with Crippen molar-refractivity contribution in [3.05, 3.63) is 148 Å². The van der Waals surface area contributed by atoms with Crippen LogP contribution in [-0.2, 0) is 56.4 Å². The third-order valence-corrected chi connectivity index (χ3v) is 19.2. The van der Waals surface area contributed by atoms with Crippen molar-refractivity contribution < 1.29 is 61.0 Å². The molecule has 0 aromatic heterocycles. The summed E-state index contributed by atoms with van der Waals surface area (Å²) in [6.45, 7) is 11.8. The SMILES string of the molecule is CCCCCCCCCCCCCCCCCCOc1ccc(NS(=O)(=O)c2ccccc2Cl)cc1NC(=O)C(C(=O)N1CCc2ccccc21)N1C(=O)C(OC)N(C)C1=O.CCOC1C(=O)N(NC(=O)C(C(=O)c2cc(C)ccc2Cl)C(C)(C)C)C(=O)N1Cc1ccccc1. The molecule has 0 aliphatic carbocycles. The second-order valence-electron chi connectivity index (χ2n) is 25.3. The Labute approximate surface area is 574 Å². The minimum atomic E-state index is -4.17. The Kier molecular flexibility index (Phi) is 28.2. The molecule has 3 aliphatic rings. The van der Waals surface area contributed by atoms with Crippen LogP contribution in [0.1, 0.15) is 164 Å². The Morgan fingerprint density at radius 1 is 0.677 bits per heavy atom. The van der Waals surface area contributed by atoms with E-state index in [1.165, 1.54) is 131 Å². The molecule has 2 saturated heterocycles. The first kappa shape index (κ1) is 75.5. The number of carbonyl (C=O) groups excluding carboxylic acids is 8. The molecule has 9 amide bonds. The number of nitrogens with zero attached hydrogens (tertiary/aromatic N) is 5. The lowest BCUT2D eigenvalue weighted by atomic mass is 9.75. The number of urea groups is 2. The van der Waals surface area contributed by atoms with Crippen LogP contribution in [0.25, 0.3) is 0 Å². The van der Waals surface area contributed by atoms with Crippen LogP contribution >= 0.6 is 23.2 Å². The van der Waals surface area contributed by atoms with Crippen LogP contribution < -0.4 is 25.1 Å². The molecule has 2 fully saturated rings. The summed E-state index contributed by atoms with van der Waals surface area (Å²) in [4.78, 5) is 113. The predicted octanol–water partition coefficient (Wildman–Crippen LogP) is 13.9. The number of hydrogen-bond donors (Lipinski definition) is 3. The first-order valence-electron chi connectivity index (χ1n) is 33.2. The number of aryl methyl sites for hydroxylation is 1. The number of unbranched alkanes of at least 4 members (excludes halogenated alkanes) is 15. The van der Waals surface area contributed by atoms with Crippen molar-refractivity contribution in [3.63, 3.8) is 0 Å². The van der Waals surface area contributed by atoms with Crippen LogP contribution in [0.4, 0.5) is 26.7 Å². The van der Waals surface area contributed by atoms with Gasteiger partial charge < -0.3 is 24.4 Å². The number of ether oxygens (including phenoxy) is 3. The van der Waals surface area contributed by atoms with E-state index in [1.807, 2.05) is 49.4 Å². The molecule has 3 N–H and O–H groups in total. The quantitative estimate of drug-likeness (QED) is 0.0150. The Morgan fingerprint density at radius 3 is 1.89 bits per heavy atom. The van der Waals surface area contributed by atoms with Gasteiger partial charge in [0.2, 0.25) is 12.5 Å². The van der Waals surface area contributed by atoms with Gasteiger partial charge in [0.1, 0.15) is 16.6 Å². The number of imide groups is 2. The van der Waals surface area contributed by atoms with E-state index < -0.39 is 87.2 Å². The van der Waals surface area contributed by atoms with Gasteiger partial charge in [-0.15, -0.1) is 0 Å². The highest BCUT2D eigenvalue weighted by atomic mass is 35.5. The van der Waals surface area contributed by atoms with Crippen molar-refractivity contribution >= 4 is 97.7 Å². The first-order valence-corrected chi connectivity index (χ1v) is 35.5. The van der Waals surface area contributed by atoms with E-state index in [9.17, 15) is 46.8 Å².